The standard InChI is InChI=1S/C17H22N2O2S/c18-13-4-1-2-10-19(12-13)17(20)9-7-14-6-8-15(21-14)16-5-3-11-22-16/h3,5-6,8,11,13H,1-2,4,7,9-10,12,18H2. The first-order chi connectivity index (χ1) is 10.7. The molecule has 2 N–H and O–H groups in total. The van der Waals surface area contributed by atoms with Crippen LogP contribution >= 0.6 is 11.3 Å². The predicted octanol–water partition coefficient (Wildman–Crippen LogP) is 3.28. The van der Waals surface area contributed by atoms with E-state index in [1.165, 1.54) is 0 Å². The summed E-state index contributed by atoms with van der Waals surface area (Å²) in [6, 6.07) is 8.12. The zero-order chi connectivity index (χ0) is 15.4. The third kappa shape index (κ3) is 3.78. The van der Waals surface area contributed by atoms with Crippen molar-refractivity contribution in [1.82, 2.24) is 4.90 Å². The number of rotatable bonds is 4. The Morgan fingerprint density at radius 3 is 3.09 bits per heavy atom. The topological polar surface area (TPSA) is 59.5 Å². The van der Waals surface area contributed by atoms with Crippen LogP contribution in [0.15, 0.2) is 34.1 Å². The smallest absolute Gasteiger partial charge is 0.223 e. The molecule has 0 aliphatic carbocycles. The minimum atomic E-state index is 0.125. The predicted molar refractivity (Wildman–Crippen MR) is 88.7 cm³/mol. The normalized spacial score (nSPS) is 19.1. The van der Waals surface area contributed by atoms with E-state index in [4.69, 9.17) is 10.2 Å². The van der Waals surface area contributed by atoms with Crippen LogP contribution in [-0.2, 0) is 11.2 Å². The van der Waals surface area contributed by atoms with Crippen molar-refractivity contribution in [1.29, 1.82) is 0 Å². The van der Waals surface area contributed by atoms with Crippen LogP contribution in [0.1, 0.15) is 31.4 Å². The highest BCUT2D eigenvalue weighted by atomic mass is 32.1. The Balaban J connectivity index is 1.54. The minimum absolute atomic E-state index is 0.125. The molecule has 1 atom stereocenters. The van der Waals surface area contributed by atoms with Crippen LogP contribution in [0.4, 0.5) is 0 Å². The molecule has 0 bridgehead atoms. The van der Waals surface area contributed by atoms with Gasteiger partial charge in [-0.05, 0) is 36.4 Å². The van der Waals surface area contributed by atoms with Crippen molar-refractivity contribution < 1.29 is 9.21 Å². The summed E-state index contributed by atoms with van der Waals surface area (Å²) in [5, 5.41) is 2.03. The molecule has 1 fully saturated rings. The highest BCUT2D eigenvalue weighted by Gasteiger charge is 2.19. The van der Waals surface area contributed by atoms with Crippen molar-refractivity contribution in [3.05, 3.63) is 35.4 Å². The number of nitrogens with zero attached hydrogens (tertiary/aromatic N) is 1. The lowest BCUT2D eigenvalue weighted by atomic mass is 10.1. The van der Waals surface area contributed by atoms with Crippen molar-refractivity contribution in [3.8, 4) is 10.6 Å². The van der Waals surface area contributed by atoms with Crippen LogP contribution in [0.3, 0.4) is 0 Å². The first-order valence-electron chi connectivity index (χ1n) is 7.88. The molecule has 0 aromatic carbocycles. The summed E-state index contributed by atoms with van der Waals surface area (Å²) in [6.45, 7) is 1.53. The van der Waals surface area contributed by atoms with Gasteiger partial charge in [0.1, 0.15) is 11.5 Å². The van der Waals surface area contributed by atoms with Gasteiger partial charge >= 0.3 is 0 Å². The first-order valence-corrected chi connectivity index (χ1v) is 8.76. The fourth-order valence-corrected chi connectivity index (χ4v) is 3.54. The van der Waals surface area contributed by atoms with E-state index < -0.39 is 0 Å². The largest absolute Gasteiger partial charge is 0.460 e. The van der Waals surface area contributed by atoms with Crippen molar-refractivity contribution in [2.24, 2.45) is 5.73 Å². The zero-order valence-corrected chi connectivity index (χ0v) is 13.5. The third-order valence-electron chi connectivity index (χ3n) is 4.07. The summed E-state index contributed by atoms with van der Waals surface area (Å²) in [4.78, 5) is 15.4. The number of hydrogen-bond donors (Lipinski definition) is 1. The van der Waals surface area contributed by atoms with Crippen LogP contribution in [0.5, 0.6) is 0 Å². The van der Waals surface area contributed by atoms with Crippen LogP contribution in [0.2, 0.25) is 0 Å². The molecule has 1 amide bonds. The molecule has 5 heteroatoms. The monoisotopic (exact) mass is 318 g/mol. The van der Waals surface area contributed by atoms with Crippen LogP contribution in [0, 0.1) is 0 Å². The molecular formula is C17H22N2O2S. The Kier molecular flexibility index (Phi) is 4.95. The molecule has 4 nitrogen and oxygen atoms in total. The molecule has 1 aliphatic rings. The van der Waals surface area contributed by atoms with Gasteiger partial charge in [0.2, 0.25) is 5.91 Å². The quantitative estimate of drug-likeness (QED) is 0.941. The van der Waals surface area contributed by atoms with E-state index in [2.05, 4.69) is 0 Å². The fraction of sp³-hybridized carbons (Fsp3) is 0.471. The van der Waals surface area contributed by atoms with Crippen molar-refractivity contribution >= 4 is 17.2 Å². The molecule has 2 aromatic heterocycles. The van der Waals surface area contributed by atoms with E-state index in [0.29, 0.717) is 19.4 Å². The molecule has 0 radical (unpaired) electrons. The van der Waals surface area contributed by atoms with Crippen LogP contribution in [-0.4, -0.2) is 29.9 Å². The van der Waals surface area contributed by atoms with Gasteiger partial charge in [0.15, 0.2) is 0 Å². The number of carbonyl (C=O) groups excluding carboxylic acids is 1. The van der Waals surface area contributed by atoms with E-state index in [9.17, 15) is 4.79 Å². The van der Waals surface area contributed by atoms with E-state index in [0.717, 1.165) is 42.2 Å². The number of furan rings is 1. The molecule has 22 heavy (non-hydrogen) atoms. The fourth-order valence-electron chi connectivity index (χ4n) is 2.85. The number of carbonyl (C=O) groups is 1. The van der Waals surface area contributed by atoms with Crippen molar-refractivity contribution in [2.75, 3.05) is 13.1 Å². The molecule has 3 heterocycles. The van der Waals surface area contributed by atoms with E-state index in [1.807, 2.05) is 34.5 Å². The third-order valence-corrected chi connectivity index (χ3v) is 4.96. The SMILES string of the molecule is NC1CCCCN(C(=O)CCc2ccc(-c3cccs3)o2)C1. The lowest BCUT2D eigenvalue weighted by Crippen LogP contribution is -2.39. The summed E-state index contributed by atoms with van der Waals surface area (Å²) in [6.07, 6.45) is 4.34. The van der Waals surface area contributed by atoms with Gasteiger partial charge in [-0.1, -0.05) is 12.5 Å². The van der Waals surface area contributed by atoms with Gasteiger partial charge in [-0.25, -0.2) is 0 Å². The average Bonchev–Trinajstić information content (AvgIpc) is 3.14. The second kappa shape index (κ2) is 7.11. The van der Waals surface area contributed by atoms with E-state index in [-0.39, 0.29) is 11.9 Å². The molecule has 2 aromatic rings. The summed E-state index contributed by atoms with van der Waals surface area (Å²) in [5.41, 5.74) is 6.02. The highest BCUT2D eigenvalue weighted by molar-refractivity contribution is 7.13. The van der Waals surface area contributed by atoms with E-state index in [1.54, 1.807) is 11.3 Å². The zero-order valence-electron chi connectivity index (χ0n) is 12.7. The van der Waals surface area contributed by atoms with Gasteiger partial charge in [-0.2, -0.15) is 0 Å². The summed E-state index contributed by atoms with van der Waals surface area (Å²) >= 11 is 1.66. The van der Waals surface area contributed by atoms with Gasteiger partial charge in [-0.15, -0.1) is 11.3 Å². The Morgan fingerprint density at radius 1 is 1.36 bits per heavy atom. The molecule has 118 valence electrons. The van der Waals surface area contributed by atoms with Gasteiger partial charge in [0.25, 0.3) is 0 Å². The second-order valence-electron chi connectivity index (χ2n) is 5.84. The van der Waals surface area contributed by atoms with E-state index >= 15 is 0 Å². The second-order valence-corrected chi connectivity index (χ2v) is 6.79. The van der Waals surface area contributed by atoms with Crippen LogP contribution in [0.25, 0.3) is 10.6 Å². The summed E-state index contributed by atoms with van der Waals surface area (Å²) in [7, 11) is 0. The molecule has 0 saturated carbocycles. The Morgan fingerprint density at radius 2 is 2.27 bits per heavy atom. The van der Waals surface area contributed by atoms with Crippen molar-refractivity contribution in [3.63, 3.8) is 0 Å². The number of amides is 1. The first kappa shape index (κ1) is 15.3. The lowest BCUT2D eigenvalue weighted by Gasteiger charge is -2.22. The maximum Gasteiger partial charge on any atom is 0.223 e. The van der Waals surface area contributed by atoms with Gasteiger partial charge in [0, 0.05) is 32.0 Å². The lowest BCUT2D eigenvalue weighted by molar-refractivity contribution is -0.131. The Labute approximate surface area is 134 Å². The summed E-state index contributed by atoms with van der Waals surface area (Å²) in [5.74, 6) is 1.94. The number of likely N-dealkylation sites (tertiary alicyclic amines) is 1. The maximum atomic E-state index is 12.3. The highest BCUT2D eigenvalue weighted by Crippen LogP contribution is 2.27. The summed E-state index contributed by atoms with van der Waals surface area (Å²) < 4.78 is 5.83. The number of hydrogen-bond acceptors (Lipinski definition) is 4. The number of nitrogens with two attached hydrogens (primary N) is 1. The van der Waals surface area contributed by atoms with Crippen molar-refractivity contribution in [2.45, 2.75) is 38.1 Å². The molecule has 1 saturated heterocycles. The molecule has 0 spiro atoms. The minimum Gasteiger partial charge on any atom is -0.460 e. The molecule has 1 unspecified atom stereocenters. The average molecular weight is 318 g/mol. The molecular weight excluding hydrogens is 296 g/mol. The van der Waals surface area contributed by atoms with Crippen LogP contribution < -0.4 is 5.73 Å². The van der Waals surface area contributed by atoms with Gasteiger partial charge < -0.3 is 15.1 Å². The molecule has 3 rings (SSSR count). The Bertz CT molecular complexity index is 606. The van der Waals surface area contributed by atoms with Gasteiger partial charge in [0.05, 0.1) is 4.88 Å². The molecule has 1 aliphatic heterocycles. The Hall–Kier alpha value is -1.59. The number of aryl methyl sites for hydroxylation is 1. The maximum absolute atomic E-state index is 12.3. The van der Waals surface area contributed by atoms with Gasteiger partial charge in [-0.3, -0.25) is 4.79 Å². The number of thiophene rings is 1.